The standard InChI is InChI=1S/C13H31NO7P2/c1-6-21-11-7-8-14(9-12-22(15,17-2)18-3)10-13-23(16,19-4)20-5/h6-13H2,1-5H3. The van der Waals surface area contributed by atoms with Crippen molar-refractivity contribution in [1.82, 2.24) is 4.90 Å². The van der Waals surface area contributed by atoms with Crippen molar-refractivity contribution in [2.45, 2.75) is 13.3 Å². The Morgan fingerprint density at radius 2 is 1.22 bits per heavy atom. The molecular weight excluding hydrogens is 344 g/mol. The topological polar surface area (TPSA) is 83.5 Å². The van der Waals surface area contributed by atoms with Crippen molar-refractivity contribution in [3.63, 3.8) is 0 Å². The van der Waals surface area contributed by atoms with Crippen LogP contribution in [-0.2, 0) is 32.0 Å². The second kappa shape index (κ2) is 12.6. The van der Waals surface area contributed by atoms with Gasteiger partial charge in [-0.15, -0.1) is 0 Å². The summed E-state index contributed by atoms with van der Waals surface area (Å²) in [5, 5.41) is 0. The molecule has 0 aliphatic rings. The molecule has 23 heavy (non-hydrogen) atoms. The second-order valence-electron chi connectivity index (χ2n) is 4.79. The van der Waals surface area contributed by atoms with Crippen LogP contribution in [0.25, 0.3) is 0 Å². The lowest BCUT2D eigenvalue weighted by atomic mass is 10.4. The van der Waals surface area contributed by atoms with Crippen molar-refractivity contribution in [2.75, 3.05) is 73.6 Å². The normalized spacial score (nSPS) is 13.0. The van der Waals surface area contributed by atoms with E-state index in [4.69, 9.17) is 22.8 Å². The van der Waals surface area contributed by atoms with Crippen molar-refractivity contribution in [3.8, 4) is 0 Å². The first kappa shape index (κ1) is 23.2. The van der Waals surface area contributed by atoms with Gasteiger partial charge < -0.3 is 27.7 Å². The fraction of sp³-hybridized carbons (Fsp3) is 1.00. The summed E-state index contributed by atoms with van der Waals surface area (Å²) in [5.74, 6) is 0. The molecule has 0 amide bonds. The third-order valence-electron chi connectivity index (χ3n) is 3.46. The van der Waals surface area contributed by atoms with Crippen molar-refractivity contribution < 1.29 is 32.0 Å². The molecule has 0 rings (SSSR count). The monoisotopic (exact) mass is 375 g/mol. The van der Waals surface area contributed by atoms with E-state index in [-0.39, 0.29) is 12.3 Å². The van der Waals surface area contributed by atoms with E-state index in [2.05, 4.69) is 0 Å². The van der Waals surface area contributed by atoms with Crippen LogP contribution in [0.4, 0.5) is 0 Å². The molecule has 8 nitrogen and oxygen atoms in total. The maximum absolute atomic E-state index is 12.1. The highest BCUT2D eigenvalue weighted by Gasteiger charge is 2.25. The minimum Gasteiger partial charge on any atom is -0.382 e. The smallest absolute Gasteiger partial charge is 0.331 e. The highest BCUT2D eigenvalue weighted by molar-refractivity contribution is 7.54. The Morgan fingerprint density at radius 3 is 1.57 bits per heavy atom. The Kier molecular flexibility index (Phi) is 12.7. The number of hydrogen-bond acceptors (Lipinski definition) is 8. The highest BCUT2D eigenvalue weighted by atomic mass is 31.2. The van der Waals surface area contributed by atoms with E-state index in [1.54, 1.807) is 0 Å². The van der Waals surface area contributed by atoms with Crippen LogP contribution in [-0.4, -0.2) is 78.5 Å². The summed E-state index contributed by atoms with van der Waals surface area (Å²) in [6, 6.07) is 0. The van der Waals surface area contributed by atoms with Gasteiger partial charge in [0.05, 0.1) is 12.3 Å². The molecule has 0 aromatic rings. The fourth-order valence-corrected chi connectivity index (χ4v) is 4.00. The van der Waals surface area contributed by atoms with E-state index in [1.807, 2.05) is 11.8 Å². The molecule has 0 spiro atoms. The molecule has 0 N–H and O–H groups in total. The Bertz CT molecular complexity index is 349. The lowest BCUT2D eigenvalue weighted by Gasteiger charge is -2.25. The molecule has 0 aromatic carbocycles. The van der Waals surface area contributed by atoms with E-state index in [9.17, 15) is 9.13 Å². The first-order valence-corrected chi connectivity index (χ1v) is 11.0. The van der Waals surface area contributed by atoms with Crippen LogP contribution in [0.5, 0.6) is 0 Å². The molecular formula is C13H31NO7P2. The molecule has 0 fully saturated rings. The average molecular weight is 375 g/mol. The largest absolute Gasteiger partial charge is 0.382 e. The van der Waals surface area contributed by atoms with Gasteiger partial charge in [-0.1, -0.05) is 0 Å². The Morgan fingerprint density at radius 1 is 0.783 bits per heavy atom. The quantitative estimate of drug-likeness (QED) is 0.319. The van der Waals surface area contributed by atoms with Crippen LogP contribution >= 0.6 is 15.2 Å². The van der Waals surface area contributed by atoms with Gasteiger partial charge in [-0.05, 0) is 13.3 Å². The van der Waals surface area contributed by atoms with Crippen molar-refractivity contribution in [1.29, 1.82) is 0 Å². The number of rotatable bonds is 15. The third-order valence-corrected chi connectivity index (χ3v) is 7.18. The Balaban J connectivity index is 4.55. The van der Waals surface area contributed by atoms with Gasteiger partial charge in [0.2, 0.25) is 0 Å². The zero-order valence-corrected chi connectivity index (χ0v) is 16.6. The van der Waals surface area contributed by atoms with Gasteiger partial charge in [0.15, 0.2) is 0 Å². The third kappa shape index (κ3) is 9.95. The van der Waals surface area contributed by atoms with E-state index in [0.717, 1.165) is 13.0 Å². The summed E-state index contributed by atoms with van der Waals surface area (Å²) in [7, 11) is -0.650. The summed E-state index contributed by atoms with van der Waals surface area (Å²) in [4.78, 5) is 2.04. The number of ether oxygens (including phenoxy) is 1. The summed E-state index contributed by atoms with van der Waals surface area (Å²) < 4.78 is 49.4. The molecule has 10 heteroatoms. The van der Waals surface area contributed by atoms with Gasteiger partial charge in [-0.25, -0.2) is 0 Å². The maximum atomic E-state index is 12.1. The van der Waals surface area contributed by atoms with Crippen LogP contribution in [0.1, 0.15) is 13.3 Å². The molecule has 0 saturated heterocycles. The predicted molar refractivity (Wildman–Crippen MR) is 90.5 cm³/mol. The minimum atomic E-state index is -3.06. The molecule has 0 unspecified atom stereocenters. The van der Waals surface area contributed by atoms with Gasteiger partial charge in [0.25, 0.3) is 0 Å². The molecule has 0 aliphatic carbocycles. The highest BCUT2D eigenvalue weighted by Crippen LogP contribution is 2.47. The van der Waals surface area contributed by atoms with Crippen LogP contribution in [0.2, 0.25) is 0 Å². The lowest BCUT2D eigenvalue weighted by Crippen LogP contribution is -2.32. The zero-order chi connectivity index (χ0) is 17.8. The molecule has 140 valence electrons. The average Bonchev–Trinajstić information content (AvgIpc) is 2.59. The summed E-state index contributed by atoms with van der Waals surface area (Å²) in [5.41, 5.74) is 0. The molecule has 0 aromatic heterocycles. The molecule has 0 saturated carbocycles. The maximum Gasteiger partial charge on any atom is 0.331 e. The van der Waals surface area contributed by atoms with Gasteiger partial charge in [0.1, 0.15) is 0 Å². The van der Waals surface area contributed by atoms with Crippen LogP contribution < -0.4 is 0 Å². The Hall–Kier alpha value is 0.220. The van der Waals surface area contributed by atoms with Crippen LogP contribution in [0.3, 0.4) is 0 Å². The molecule has 0 atom stereocenters. The van der Waals surface area contributed by atoms with E-state index >= 15 is 0 Å². The Labute approximate surface area is 139 Å². The fourth-order valence-electron chi connectivity index (χ4n) is 1.91. The molecule has 0 radical (unpaired) electrons. The van der Waals surface area contributed by atoms with Gasteiger partial charge >= 0.3 is 15.2 Å². The molecule has 0 bridgehead atoms. The van der Waals surface area contributed by atoms with Crippen LogP contribution in [0.15, 0.2) is 0 Å². The zero-order valence-electron chi connectivity index (χ0n) is 14.9. The van der Waals surface area contributed by atoms with E-state index in [1.165, 1.54) is 28.4 Å². The van der Waals surface area contributed by atoms with Crippen molar-refractivity contribution >= 4 is 15.2 Å². The summed E-state index contributed by atoms with van der Waals surface area (Å²) in [6.07, 6.45) is 1.35. The van der Waals surface area contributed by atoms with Gasteiger partial charge in [0, 0.05) is 61.3 Å². The second-order valence-corrected chi connectivity index (χ2v) is 9.59. The lowest BCUT2D eigenvalue weighted by molar-refractivity contribution is 0.133. The number of nitrogens with zero attached hydrogens (tertiary/aromatic N) is 1. The first-order valence-electron chi connectivity index (χ1n) is 7.59. The minimum absolute atomic E-state index is 0.263. The molecule has 0 heterocycles. The summed E-state index contributed by atoms with van der Waals surface area (Å²) >= 11 is 0. The van der Waals surface area contributed by atoms with E-state index < -0.39 is 15.2 Å². The van der Waals surface area contributed by atoms with Crippen molar-refractivity contribution in [3.05, 3.63) is 0 Å². The van der Waals surface area contributed by atoms with Crippen LogP contribution in [0, 0.1) is 0 Å². The van der Waals surface area contributed by atoms with Gasteiger partial charge in [-0.3, -0.25) is 9.13 Å². The number of hydrogen-bond donors (Lipinski definition) is 0. The van der Waals surface area contributed by atoms with Gasteiger partial charge in [-0.2, -0.15) is 0 Å². The molecule has 0 aliphatic heterocycles. The van der Waals surface area contributed by atoms with Crippen molar-refractivity contribution in [2.24, 2.45) is 0 Å². The first-order chi connectivity index (χ1) is 10.9. The SMILES string of the molecule is CCOCCCN(CCP(=O)(OC)OC)CCP(=O)(OC)OC. The van der Waals surface area contributed by atoms with E-state index in [0.29, 0.717) is 26.3 Å². The summed E-state index contributed by atoms with van der Waals surface area (Å²) in [6.45, 7) is 4.98. The predicted octanol–water partition coefficient (Wildman–Crippen LogP) is 2.69.